The third-order valence-electron chi connectivity index (χ3n) is 6.53. The summed E-state index contributed by atoms with van der Waals surface area (Å²) in [7, 11) is 0. The number of piperidine rings is 1. The Kier molecular flexibility index (Phi) is 4.92. The van der Waals surface area contributed by atoms with Crippen molar-refractivity contribution in [3.05, 3.63) is 48.4 Å². The van der Waals surface area contributed by atoms with Gasteiger partial charge in [0.2, 0.25) is 5.95 Å². The molecule has 1 spiro atoms. The van der Waals surface area contributed by atoms with Crippen LogP contribution in [0, 0.1) is 5.41 Å². The molecule has 1 saturated carbocycles. The number of anilines is 1. The van der Waals surface area contributed by atoms with Crippen LogP contribution in [0.2, 0.25) is 0 Å². The fraction of sp³-hybridized carbons (Fsp3) is 0.455. The Balaban J connectivity index is 1.40. The highest BCUT2D eigenvalue weighted by Crippen LogP contribution is 2.46. The first-order valence-corrected chi connectivity index (χ1v) is 11.2. The van der Waals surface area contributed by atoms with Gasteiger partial charge in [-0.3, -0.25) is 4.40 Å². The van der Waals surface area contributed by atoms with Crippen LogP contribution < -0.4 is 4.90 Å². The standard InChI is InChI=1S/C22H23F3N4S/c23-22(24,25)16-4-3-5-17(14-16)30-18-15-27-20(29-13-10-26-19(18)29)28-11-8-21(9-12-28)6-1-2-7-21/h3-5,10,13-15H,1-2,6-9,11-12H2. The molecule has 2 aromatic heterocycles. The van der Waals surface area contributed by atoms with Crippen LogP contribution in [0.15, 0.2) is 52.6 Å². The second-order valence-electron chi connectivity index (χ2n) is 8.37. The average Bonchev–Trinajstić information content (AvgIpc) is 3.39. The molecule has 158 valence electrons. The topological polar surface area (TPSA) is 33.4 Å². The molecule has 1 aromatic carbocycles. The molecule has 0 amide bonds. The van der Waals surface area contributed by atoms with Crippen molar-refractivity contribution >= 4 is 23.4 Å². The highest BCUT2D eigenvalue weighted by atomic mass is 32.2. The van der Waals surface area contributed by atoms with Crippen molar-refractivity contribution < 1.29 is 13.2 Å². The number of benzene rings is 1. The summed E-state index contributed by atoms with van der Waals surface area (Å²) in [5.74, 6) is 0.865. The monoisotopic (exact) mass is 432 g/mol. The van der Waals surface area contributed by atoms with Gasteiger partial charge in [0, 0.05) is 36.6 Å². The molecule has 2 fully saturated rings. The number of nitrogens with zero attached hydrogens (tertiary/aromatic N) is 4. The van der Waals surface area contributed by atoms with Crippen LogP contribution >= 0.6 is 11.8 Å². The van der Waals surface area contributed by atoms with Crippen molar-refractivity contribution in [2.45, 2.75) is 54.5 Å². The largest absolute Gasteiger partial charge is 0.416 e. The van der Waals surface area contributed by atoms with E-state index in [9.17, 15) is 13.2 Å². The van der Waals surface area contributed by atoms with Crippen LogP contribution in [0.1, 0.15) is 44.1 Å². The molecule has 3 heterocycles. The minimum atomic E-state index is -4.35. The summed E-state index contributed by atoms with van der Waals surface area (Å²) >= 11 is 1.26. The third-order valence-corrected chi connectivity index (χ3v) is 7.53. The van der Waals surface area contributed by atoms with Gasteiger partial charge in [0.15, 0.2) is 5.65 Å². The minimum absolute atomic E-state index is 0.519. The lowest BCUT2D eigenvalue weighted by atomic mass is 9.77. The number of aromatic nitrogens is 3. The Morgan fingerprint density at radius 3 is 2.50 bits per heavy atom. The van der Waals surface area contributed by atoms with Gasteiger partial charge >= 0.3 is 6.18 Å². The zero-order valence-corrected chi connectivity index (χ0v) is 17.3. The van der Waals surface area contributed by atoms with Gasteiger partial charge in [0.25, 0.3) is 0 Å². The maximum Gasteiger partial charge on any atom is 0.416 e. The van der Waals surface area contributed by atoms with Crippen molar-refractivity contribution in [2.24, 2.45) is 5.41 Å². The van der Waals surface area contributed by atoms with Crippen molar-refractivity contribution in [2.75, 3.05) is 18.0 Å². The molecule has 2 aliphatic rings. The van der Waals surface area contributed by atoms with Crippen molar-refractivity contribution in [1.82, 2.24) is 14.4 Å². The number of imidazole rings is 1. The lowest BCUT2D eigenvalue weighted by Crippen LogP contribution is -2.40. The predicted molar refractivity (Wildman–Crippen MR) is 111 cm³/mol. The molecular formula is C22H23F3N4S. The Morgan fingerprint density at radius 2 is 1.77 bits per heavy atom. The van der Waals surface area contributed by atoms with Crippen LogP contribution in [0.4, 0.5) is 19.1 Å². The lowest BCUT2D eigenvalue weighted by Gasteiger charge is -2.39. The first-order valence-electron chi connectivity index (χ1n) is 10.4. The van der Waals surface area contributed by atoms with E-state index in [0.717, 1.165) is 35.6 Å². The second-order valence-corrected chi connectivity index (χ2v) is 9.48. The number of hydrogen-bond acceptors (Lipinski definition) is 4. The van der Waals surface area contributed by atoms with E-state index in [-0.39, 0.29) is 0 Å². The molecule has 0 bridgehead atoms. The van der Waals surface area contributed by atoms with E-state index >= 15 is 0 Å². The Morgan fingerprint density at radius 1 is 1.00 bits per heavy atom. The highest BCUT2D eigenvalue weighted by Gasteiger charge is 2.37. The van der Waals surface area contributed by atoms with Gasteiger partial charge < -0.3 is 4.90 Å². The molecule has 5 rings (SSSR count). The van der Waals surface area contributed by atoms with Gasteiger partial charge in [-0.1, -0.05) is 30.7 Å². The maximum absolute atomic E-state index is 13.0. The summed E-state index contributed by atoms with van der Waals surface area (Å²) < 4.78 is 41.1. The van der Waals surface area contributed by atoms with E-state index in [2.05, 4.69) is 9.88 Å². The van der Waals surface area contributed by atoms with E-state index < -0.39 is 11.7 Å². The quantitative estimate of drug-likeness (QED) is 0.504. The van der Waals surface area contributed by atoms with Crippen LogP contribution in [0.5, 0.6) is 0 Å². The van der Waals surface area contributed by atoms with Crippen molar-refractivity contribution in [3.63, 3.8) is 0 Å². The molecule has 0 N–H and O–H groups in total. The minimum Gasteiger partial charge on any atom is -0.342 e. The Labute approximate surface area is 177 Å². The van der Waals surface area contributed by atoms with Crippen molar-refractivity contribution in [1.29, 1.82) is 0 Å². The highest BCUT2D eigenvalue weighted by molar-refractivity contribution is 7.99. The van der Waals surface area contributed by atoms with E-state index in [1.54, 1.807) is 18.5 Å². The fourth-order valence-electron chi connectivity index (χ4n) is 4.86. The Hall–Kier alpha value is -2.22. The van der Waals surface area contributed by atoms with Crippen LogP contribution in [0.25, 0.3) is 5.65 Å². The average molecular weight is 433 g/mol. The van der Waals surface area contributed by atoms with Crippen LogP contribution in [-0.4, -0.2) is 27.5 Å². The van der Waals surface area contributed by atoms with Gasteiger partial charge in [-0.25, -0.2) is 9.97 Å². The van der Waals surface area contributed by atoms with Gasteiger partial charge in [0.1, 0.15) is 0 Å². The molecule has 1 aliphatic heterocycles. The summed E-state index contributed by atoms with van der Waals surface area (Å²) in [6.45, 7) is 1.97. The van der Waals surface area contributed by atoms with Gasteiger partial charge in [-0.15, -0.1) is 0 Å². The first-order chi connectivity index (χ1) is 14.4. The summed E-state index contributed by atoms with van der Waals surface area (Å²) in [6, 6.07) is 5.37. The van der Waals surface area contributed by atoms with E-state index in [4.69, 9.17) is 4.98 Å². The molecular weight excluding hydrogens is 409 g/mol. The Bertz CT molecular complexity index is 1050. The normalized spacial score (nSPS) is 19.1. The van der Waals surface area contributed by atoms with E-state index in [1.807, 2.05) is 10.6 Å². The zero-order valence-electron chi connectivity index (χ0n) is 16.5. The number of fused-ring (bicyclic) bond motifs is 1. The molecule has 30 heavy (non-hydrogen) atoms. The maximum atomic E-state index is 13.0. The van der Waals surface area contributed by atoms with Crippen LogP contribution in [0.3, 0.4) is 0 Å². The van der Waals surface area contributed by atoms with Crippen molar-refractivity contribution in [3.8, 4) is 0 Å². The molecule has 0 unspecified atom stereocenters. The predicted octanol–water partition coefficient (Wildman–Crippen LogP) is 6.06. The third kappa shape index (κ3) is 3.66. The number of hydrogen-bond donors (Lipinski definition) is 0. The lowest BCUT2D eigenvalue weighted by molar-refractivity contribution is -0.137. The molecule has 8 heteroatoms. The number of halogens is 3. The smallest absolute Gasteiger partial charge is 0.342 e. The molecule has 4 nitrogen and oxygen atoms in total. The molecule has 1 saturated heterocycles. The van der Waals surface area contributed by atoms with Crippen LogP contribution in [-0.2, 0) is 6.18 Å². The summed E-state index contributed by atoms with van der Waals surface area (Å²) in [5, 5.41) is 0. The van der Waals surface area contributed by atoms with E-state index in [1.165, 1.54) is 62.4 Å². The zero-order chi connectivity index (χ0) is 20.8. The SMILES string of the molecule is FC(F)(F)c1cccc(Sc2cnc(N3CCC4(CCCC4)CC3)n3ccnc23)c1. The molecule has 0 radical (unpaired) electrons. The summed E-state index contributed by atoms with van der Waals surface area (Å²) in [5.41, 5.74) is 0.610. The molecule has 1 aliphatic carbocycles. The van der Waals surface area contributed by atoms with E-state index in [0.29, 0.717) is 10.3 Å². The van der Waals surface area contributed by atoms with Gasteiger partial charge in [-0.05, 0) is 49.3 Å². The fourth-order valence-corrected chi connectivity index (χ4v) is 5.79. The number of alkyl halides is 3. The summed E-state index contributed by atoms with van der Waals surface area (Å²) in [4.78, 5) is 12.7. The van der Waals surface area contributed by atoms with Gasteiger partial charge in [0.05, 0.1) is 10.5 Å². The summed E-state index contributed by atoms with van der Waals surface area (Å²) in [6.07, 6.45) is 8.79. The second kappa shape index (κ2) is 7.48. The first kappa shape index (κ1) is 19.7. The number of rotatable bonds is 3. The van der Waals surface area contributed by atoms with Gasteiger partial charge in [-0.2, -0.15) is 13.2 Å². The molecule has 0 atom stereocenters. The molecule has 3 aromatic rings.